The summed E-state index contributed by atoms with van der Waals surface area (Å²) in [5, 5.41) is 0. The molecule has 1 amide bonds. The molecule has 0 aliphatic carbocycles. The summed E-state index contributed by atoms with van der Waals surface area (Å²) in [6.07, 6.45) is 2.23. The number of hydrogen-bond donors (Lipinski definition) is 0. The molecular formula is C22H27N3O3. The monoisotopic (exact) mass is 381 g/mol. The number of carbonyl (C=O) groups excluding carboxylic acids is 1. The van der Waals surface area contributed by atoms with Crippen LogP contribution in [0.1, 0.15) is 36.3 Å². The van der Waals surface area contributed by atoms with Gasteiger partial charge in [-0.3, -0.25) is 4.79 Å². The molecule has 2 fully saturated rings. The second-order valence-electron chi connectivity index (χ2n) is 7.73. The third kappa shape index (κ3) is 3.74. The van der Waals surface area contributed by atoms with E-state index in [0.29, 0.717) is 38.0 Å². The van der Waals surface area contributed by atoms with Crippen LogP contribution < -0.4 is 4.74 Å². The van der Waals surface area contributed by atoms with Gasteiger partial charge in [0.25, 0.3) is 0 Å². The standard InChI is InChI=1S/C22H27N3O3/c1-16-14-20(24-17(2)23-16)28-19-8-11-25(15-19)21(26)22(9-12-27-13-10-22)18-6-4-3-5-7-18/h3-7,14,19H,8-13,15H2,1-2H3/t19-/m1/s1. The molecule has 6 heteroatoms. The van der Waals surface area contributed by atoms with Crippen LogP contribution in [0.3, 0.4) is 0 Å². The molecule has 28 heavy (non-hydrogen) atoms. The number of benzene rings is 1. The van der Waals surface area contributed by atoms with Crippen LogP contribution in [-0.4, -0.2) is 53.2 Å². The summed E-state index contributed by atoms with van der Waals surface area (Å²) in [6.45, 7) is 6.33. The van der Waals surface area contributed by atoms with Crippen molar-refractivity contribution in [3.63, 3.8) is 0 Å². The average molecular weight is 381 g/mol. The molecule has 0 bridgehead atoms. The molecule has 0 radical (unpaired) electrons. The maximum atomic E-state index is 13.6. The molecule has 2 aromatic rings. The summed E-state index contributed by atoms with van der Waals surface area (Å²) in [5.74, 6) is 1.49. The largest absolute Gasteiger partial charge is 0.472 e. The van der Waals surface area contributed by atoms with Gasteiger partial charge in [0.15, 0.2) is 0 Å². The van der Waals surface area contributed by atoms with Gasteiger partial charge in [0.05, 0.1) is 12.0 Å². The predicted octanol–water partition coefficient (Wildman–Crippen LogP) is 2.82. The number of aryl methyl sites for hydroxylation is 2. The first kappa shape index (κ1) is 18.9. The van der Waals surface area contributed by atoms with Crippen LogP contribution in [0.15, 0.2) is 36.4 Å². The molecule has 0 spiro atoms. The molecular weight excluding hydrogens is 354 g/mol. The summed E-state index contributed by atoms with van der Waals surface area (Å²) < 4.78 is 11.6. The highest BCUT2D eigenvalue weighted by atomic mass is 16.5. The van der Waals surface area contributed by atoms with Crippen LogP contribution >= 0.6 is 0 Å². The van der Waals surface area contributed by atoms with E-state index in [1.807, 2.05) is 43.0 Å². The molecule has 4 rings (SSSR count). The maximum absolute atomic E-state index is 13.6. The first-order valence-electron chi connectivity index (χ1n) is 9.98. The van der Waals surface area contributed by atoms with E-state index < -0.39 is 5.41 Å². The number of nitrogens with zero attached hydrogens (tertiary/aromatic N) is 3. The van der Waals surface area contributed by atoms with E-state index in [2.05, 4.69) is 22.1 Å². The van der Waals surface area contributed by atoms with Crippen LogP contribution in [0.5, 0.6) is 5.88 Å². The number of likely N-dealkylation sites (tertiary alicyclic amines) is 1. The number of rotatable bonds is 4. The minimum Gasteiger partial charge on any atom is -0.472 e. The zero-order valence-electron chi connectivity index (χ0n) is 16.6. The molecule has 2 aliphatic rings. The Hall–Kier alpha value is -2.47. The third-order valence-electron chi connectivity index (χ3n) is 5.74. The van der Waals surface area contributed by atoms with Crippen LogP contribution in [-0.2, 0) is 14.9 Å². The summed E-state index contributed by atoms with van der Waals surface area (Å²) in [4.78, 5) is 24.2. The van der Waals surface area contributed by atoms with Crippen molar-refractivity contribution in [2.24, 2.45) is 0 Å². The number of hydrogen-bond acceptors (Lipinski definition) is 5. The first-order chi connectivity index (χ1) is 13.6. The molecule has 1 aromatic carbocycles. The number of ether oxygens (including phenoxy) is 2. The van der Waals surface area contributed by atoms with E-state index in [1.165, 1.54) is 0 Å². The van der Waals surface area contributed by atoms with Gasteiger partial charge in [0.1, 0.15) is 11.9 Å². The smallest absolute Gasteiger partial charge is 0.233 e. The van der Waals surface area contributed by atoms with Crippen molar-refractivity contribution in [2.45, 2.75) is 44.6 Å². The van der Waals surface area contributed by atoms with E-state index in [1.54, 1.807) is 0 Å². The Balaban J connectivity index is 1.50. The minimum atomic E-state index is -0.490. The lowest BCUT2D eigenvalue weighted by Crippen LogP contribution is -2.49. The Kier molecular flexibility index (Phi) is 5.31. The number of amides is 1. The molecule has 0 unspecified atom stereocenters. The van der Waals surface area contributed by atoms with Crippen molar-refractivity contribution in [3.05, 3.63) is 53.5 Å². The number of aromatic nitrogens is 2. The van der Waals surface area contributed by atoms with Gasteiger partial charge < -0.3 is 14.4 Å². The van der Waals surface area contributed by atoms with Gasteiger partial charge in [-0.15, -0.1) is 0 Å². The fraction of sp³-hybridized carbons (Fsp3) is 0.500. The normalized spacial score (nSPS) is 21.5. The predicted molar refractivity (Wildman–Crippen MR) is 105 cm³/mol. The topological polar surface area (TPSA) is 64.5 Å². The Morgan fingerprint density at radius 2 is 1.93 bits per heavy atom. The van der Waals surface area contributed by atoms with E-state index in [9.17, 15) is 4.79 Å². The molecule has 1 atom stereocenters. The first-order valence-corrected chi connectivity index (χ1v) is 9.98. The van der Waals surface area contributed by atoms with Gasteiger partial charge >= 0.3 is 0 Å². The fourth-order valence-corrected chi connectivity index (χ4v) is 4.33. The van der Waals surface area contributed by atoms with Crippen LogP contribution in [0, 0.1) is 13.8 Å². The molecule has 148 valence electrons. The average Bonchev–Trinajstić information content (AvgIpc) is 3.16. The maximum Gasteiger partial charge on any atom is 0.233 e. The van der Waals surface area contributed by atoms with Crippen LogP contribution in [0.25, 0.3) is 0 Å². The lowest BCUT2D eigenvalue weighted by molar-refractivity contribution is -0.140. The Labute approximate surface area is 165 Å². The highest BCUT2D eigenvalue weighted by Crippen LogP contribution is 2.37. The minimum absolute atomic E-state index is 0.0367. The van der Waals surface area contributed by atoms with Crippen LogP contribution in [0.4, 0.5) is 0 Å². The second kappa shape index (κ2) is 7.87. The second-order valence-corrected chi connectivity index (χ2v) is 7.73. The van der Waals surface area contributed by atoms with Gasteiger partial charge in [-0.2, -0.15) is 4.98 Å². The third-order valence-corrected chi connectivity index (χ3v) is 5.74. The van der Waals surface area contributed by atoms with Gasteiger partial charge in [0, 0.05) is 37.9 Å². The van der Waals surface area contributed by atoms with Crippen molar-refractivity contribution in [1.29, 1.82) is 0 Å². The van der Waals surface area contributed by atoms with Crippen molar-refractivity contribution < 1.29 is 14.3 Å². The highest BCUT2D eigenvalue weighted by molar-refractivity contribution is 5.88. The van der Waals surface area contributed by atoms with Gasteiger partial charge in [-0.25, -0.2) is 4.98 Å². The molecule has 6 nitrogen and oxygen atoms in total. The molecule has 3 heterocycles. The van der Waals surface area contributed by atoms with E-state index in [0.717, 1.165) is 30.5 Å². The lowest BCUT2D eigenvalue weighted by atomic mass is 9.73. The quantitative estimate of drug-likeness (QED) is 0.815. The van der Waals surface area contributed by atoms with E-state index in [4.69, 9.17) is 9.47 Å². The lowest BCUT2D eigenvalue weighted by Gasteiger charge is -2.39. The molecule has 2 aliphatic heterocycles. The fourth-order valence-electron chi connectivity index (χ4n) is 4.33. The SMILES string of the molecule is Cc1cc(O[C@@H]2CCN(C(=O)C3(c4ccccc4)CCOCC3)C2)nc(C)n1. The zero-order valence-corrected chi connectivity index (χ0v) is 16.6. The van der Waals surface area contributed by atoms with Crippen molar-refractivity contribution in [3.8, 4) is 5.88 Å². The molecule has 0 saturated carbocycles. The number of carbonyl (C=O) groups is 1. The molecule has 2 saturated heterocycles. The van der Waals surface area contributed by atoms with Crippen molar-refractivity contribution in [2.75, 3.05) is 26.3 Å². The summed E-state index contributed by atoms with van der Waals surface area (Å²) in [7, 11) is 0. The summed E-state index contributed by atoms with van der Waals surface area (Å²) >= 11 is 0. The Morgan fingerprint density at radius 3 is 2.64 bits per heavy atom. The van der Waals surface area contributed by atoms with Crippen molar-refractivity contribution in [1.82, 2.24) is 14.9 Å². The van der Waals surface area contributed by atoms with E-state index >= 15 is 0 Å². The highest BCUT2D eigenvalue weighted by Gasteiger charge is 2.45. The van der Waals surface area contributed by atoms with Gasteiger partial charge in [0.2, 0.25) is 11.8 Å². The summed E-state index contributed by atoms with van der Waals surface area (Å²) in [5.41, 5.74) is 1.49. The van der Waals surface area contributed by atoms with Gasteiger partial charge in [-0.05, 0) is 32.3 Å². The zero-order chi connectivity index (χ0) is 19.6. The molecule has 1 aromatic heterocycles. The van der Waals surface area contributed by atoms with Crippen LogP contribution in [0.2, 0.25) is 0 Å². The Bertz CT molecular complexity index is 814. The summed E-state index contributed by atoms with van der Waals surface area (Å²) in [6, 6.07) is 12.0. The van der Waals surface area contributed by atoms with Gasteiger partial charge in [-0.1, -0.05) is 30.3 Å². The molecule has 0 N–H and O–H groups in total. The Morgan fingerprint density at radius 1 is 1.18 bits per heavy atom. The van der Waals surface area contributed by atoms with E-state index in [-0.39, 0.29) is 12.0 Å². The van der Waals surface area contributed by atoms with Crippen molar-refractivity contribution >= 4 is 5.91 Å².